The summed E-state index contributed by atoms with van der Waals surface area (Å²) in [5.74, 6) is 0. The van der Waals surface area contributed by atoms with Gasteiger partial charge >= 0.3 is 0 Å². The van der Waals surface area contributed by atoms with Crippen molar-refractivity contribution in [3.8, 4) is 0 Å². The van der Waals surface area contributed by atoms with Gasteiger partial charge in [0.15, 0.2) is 0 Å². The summed E-state index contributed by atoms with van der Waals surface area (Å²) in [6.45, 7) is 0.909. The van der Waals surface area contributed by atoms with Gasteiger partial charge in [0.25, 0.3) is 0 Å². The van der Waals surface area contributed by atoms with Crippen LogP contribution in [0, 0.1) is 0 Å². The Morgan fingerprint density at radius 3 is 3.00 bits per heavy atom. The lowest BCUT2D eigenvalue weighted by Gasteiger charge is -2.13. The van der Waals surface area contributed by atoms with Crippen LogP contribution in [0.4, 0.5) is 5.13 Å². The second kappa shape index (κ2) is 4.84. The summed E-state index contributed by atoms with van der Waals surface area (Å²) in [6, 6.07) is 5.97. The number of hydrogen-bond donors (Lipinski definition) is 0. The molecule has 78 valence electrons. The maximum absolute atomic E-state index is 4.27. The summed E-state index contributed by atoms with van der Waals surface area (Å²) in [6.07, 6.45) is 2.75. The first-order chi connectivity index (χ1) is 7.36. The highest BCUT2D eigenvalue weighted by Gasteiger charge is 2.04. The van der Waals surface area contributed by atoms with Gasteiger partial charge in [0.1, 0.15) is 5.51 Å². The topological polar surface area (TPSA) is 41.9 Å². The van der Waals surface area contributed by atoms with Crippen LogP contribution in [-0.2, 0) is 6.42 Å². The standard InChI is InChI=1S/C10H12N4S/c1-14(10-13-12-8-15-10)7-5-9-4-2-3-6-11-9/h2-4,6,8H,5,7H2,1H3. The summed E-state index contributed by atoms with van der Waals surface area (Å²) in [7, 11) is 2.02. The molecule has 4 nitrogen and oxygen atoms in total. The lowest BCUT2D eigenvalue weighted by atomic mass is 10.2. The Morgan fingerprint density at radius 1 is 1.40 bits per heavy atom. The molecular weight excluding hydrogens is 208 g/mol. The normalized spacial score (nSPS) is 10.2. The smallest absolute Gasteiger partial charge is 0.207 e. The van der Waals surface area contributed by atoms with E-state index in [1.54, 1.807) is 16.8 Å². The van der Waals surface area contributed by atoms with Crippen LogP contribution < -0.4 is 4.90 Å². The lowest BCUT2D eigenvalue weighted by Crippen LogP contribution is -2.20. The zero-order valence-corrected chi connectivity index (χ0v) is 9.31. The van der Waals surface area contributed by atoms with Crippen LogP contribution in [0.3, 0.4) is 0 Å². The first kappa shape index (κ1) is 10.0. The third-order valence-electron chi connectivity index (χ3n) is 2.10. The van der Waals surface area contributed by atoms with Crippen molar-refractivity contribution in [1.29, 1.82) is 0 Å². The number of nitrogens with zero attached hydrogens (tertiary/aromatic N) is 4. The molecule has 0 bridgehead atoms. The molecule has 0 aliphatic rings. The molecule has 2 heterocycles. The summed E-state index contributed by atoms with van der Waals surface area (Å²) >= 11 is 1.55. The van der Waals surface area contributed by atoms with Crippen LogP contribution in [-0.4, -0.2) is 28.8 Å². The molecule has 2 rings (SSSR count). The average Bonchev–Trinajstić information content (AvgIpc) is 2.81. The average molecular weight is 220 g/mol. The molecule has 0 aliphatic heterocycles. The van der Waals surface area contributed by atoms with Gasteiger partial charge in [-0.1, -0.05) is 17.4 Å². The lowest BCUT2D eigenvalue weighted by molar-refractivity contribution is 0.839. The van der Waals surface area contributed by atoms with Gasteiger partial charge in [-0.2, -0.15) is 0 Å². The van der Waals surface area contributed by atoms with Crippen molar-refractivity contribution in [3.63, 3.8) is 0 Å². The summed E-state index contributed by atoms with van der Waals surface area (Å²) in [5, 5.41) is 8.76. The van der Waals surface area contributed by atoms with E-state index in [2.05, 4.69) is 20.1 Å². The monoisotopic (exact) mass is 220 g/mol. The van der Waals surface area contributed by atoms with E-state index in [1.807, 2.05) is 31.4 Å². The minimum atomic E-state index is 0.909. The fourth-order valence-electron chi connectivity index (χ4n) is 1.26. The van der Waals surface area contributed by atoms with Crippen LogP contribution in [0.2, 0.25) is 0 Å². The van der Waals surface area contributed by atoms with Crippen LogP contribution in [0.5, 0.6) is 0 Å². The molecule has 2 aromatic rings. The van der Waals surface area contributed by atoms with Crippen LogP contribution in [0.15, 0.2) is 29.9 Å². The third-order valence-corrected chi connectivity index (χ3v) is 2.91. The highest BCUT2D eigenvalue weighted by atomic mass is 32.1. The minimum absolute atomic E-state index is 0.909. The molecule has 0 unspecified atom stereocenters. The molecule has 0 aliphatic carbocycles. The fourth-order valence-corrected chi connectivity index (χ4v) is 1.81. The Morgan fingerprint density at radius 2 is 2.33 bits per heavy atom. The van der Waals surface area contributed by atoms with Crippen molar-refractivity contribution in [2.45, 2.75) is 6.42 Å². The Labute approximate surface area is 92.6 Å². The van der Waals surface area contributed by atoms with Crippen molar-refractivity contribution in [3.05, 3.63) is 35.6 Å². The number of hydrogen-bond acceptors (Lipinski definition) is 5. The number of rotatable bonds is 4. The molecule has 0 amide bonds. The van der Waals surface area contributed by atoms with E-state index < -0.39 is 0 Å². The molecule has 5 heteroatoms. The summed E-state index contributed by atoms with van der Waals surface area (Å²) in [5.41, 5.74) is 2.85. The molecule has 0 saturated heterocycles. The Bertz CT molecular complexity index is 387. The minimum Gasteiger partial charge on any atom is -0.349 e. The molecule has 0 spiro atoms. The van der Waals surface area contributed by atoms with Gasteiger partial charge in [-0.3, -0.25) is 4.98 Å². The van der Waals surface area contributed by atoms with Crippen LogP contribution >= 0.6 is 11.3 Å². The van der Waals surface area contributed by atoms with E-state index in [4.69, 9.17) is 0 Å². The van der Waals surface area contributed by atoms with Gasteiger partial charge in [0.2, 0.25) is 5.13 Å². The highest BCUT2D eigenvalue weighted by molar-refractivity contribution is 7.13. The number of aromatic nitrogens is 3. The molecule has 2 aromatic heterocycles. The Kier molecular flexibility index (Phi) is 3.24. The summed E-state index contributed by atoms with van der Waals surface area (Å²) < 4.78 is 0. The first-order valence-corrected chi connectivity index (χ1v) is 5.61. The van der Waals surface area contributed by atoms with E-state index in [-0.39, 0.29) is 0 Å². The Hall–Kier alpha value is -1.49. The van der Waals surface area contributed by atoms with Gasteiger partial charge < -0.3 is 4.90 Å². The van der Waals surface area contributed by atoms with E-state index in [9.17, 15) is 0 Å². The Balaban J connectivity index is 1.89. The highest BCUT2D eigenvalue weighted by Crippen LogP contribution is 2.13. The largest absolute Gasteiger partial charge is 0.349 e. The van der Waals surface area contributed by atoms with Gasteiger partial charge in [-0.05, 0) is 12.1 Å². The van der Waals surface area contributed by atoms with Gasteiger partial charge in [0.05, 0.1) is 0 Å². The molecule has 0 atom stereocenters. The van der Waals surface area contributed by atoms with E-state index in [0.717, 1.165) is 23.8 Å². The second-order valence-corrected chi connectivity index (χ2v) is 4.03. The van der Waals surface area contributed by atoms with Crippen molar-refractivity contribution in [2.24, 2.45) is 0 Å². The van der Waals surface area contributed by atoms with E-state index in [0.29, 0.717) is 0 Å². The molecule has 0 aromatic carbocycles. The fraction of sp³-hybridized carbons (Fsp3) is 0.300. The predicted molar refractivity (Wildman–Crippen MR) is 61.1 cm³/mol. The predicted octanol–water partition coefficient (Wildman–Crippen LogP) is 1.61. The third kappa shape index (κ3) is 2.73. The SMILES string of the molecule is CN(CCc1ccccn1)c1nncs1. The molecule has 15 heavy (non-hydrogen) atoms. The van der Waals surface area contributed by atoms with Crippen molar-refractivity contribution < 1.29 is 0 Å². The summed E-state index contributed by atoms with van der Waals surface area (Å²) in [4.78, 5) is 6.36. The zero-order chi connectivity index (χ0) is 10.5. The van der Waals surface area contributed by atoms with Crippen LogP contribution in [0.1, 0.15) is 5.69 Å². The van der Waals surface area contributed by atoms with Gasteiger partial charge in [0, 0.05) is 31.9 Å². The number of anilines is 1. The maximum Gasteiger partial charge on any atom is 0.207 e. The van der Waals surface area contributed by atoms with Crippen LogP contribution in [0.25, 0.3) is 0 Å². The van der Waals surface area contributed by atoms with Crippen molar-refractivity contribution in [1.82, 2.24) is 15.2 Å². The molecule has 0 radical (unpaired) electrons. The van der Waals surface area contributed by atoms with Gasteiger partial charge in [-0.15, -0.1) is 10.2 Å². The molecule has 0 saturated carbocycles. The zero-order valence-electron chi connectivity index (χ0n) is 8.50. The van der Waals surface area contributed by atoms with Crippen molar-refractivity contribution in [2.75, 3.05) is 18.5 Å². The number of pyridine rings is 1. The van der Waals surface area contributed by atoms with E-state index in [1.165, 1.54) is 0 Å². The van der Waals surface area contributed by atoms with E-state index >= 15 is 0 Å². The molecule has 0 fully saturated rings. The molecule has 0 N–H and O–H groups in total. The maximum atomic E-state index is 4.27. The van der Waals surface area contributed by atoms with Gasteiger partial charge in [-0.25, -0.2) is 0 Å². The number of likely N-dealkylation sites (N-methyl/N-ethyl adjacent to an activating group) is 1. The van der Waals surface area contributed by atoms with Crippen molar-refractivity contribution >= 4 is 16.5 Å². The second-order valence-electron chi connectivity index (χ2n) is 3.21. The molecular formula is C10H12N4S. The quantitative estimate of drug-likeness (QED) is 0.785. The first-order valence-electron chi connectivity index (χ1n) is 4.73.